The van der Waals surface area contributed by atoms with Crippen LogP contribution in [0.2, 0.25) is 0 Å². The highest BCUT2D eigenvalue weighted by molar-refractivity contribution is 5.90. The third kappa shape index (κ3) is 4.82. The fraction of sp³-hybridized carbons (Fsp3) is 0.231. The van der Waals surface area contributed by atoms with Gasteiger partial charge in [-0.1, -0.05) is 60.7 Å². The highest BCUT2D eigenvalue weighted by Crippen LogP contribution is 2.36. The molecule has 4 nitrogen and oxygen atoms in total. The Labute approximate surface area is 180 Å². The number of fused-ring (bicyclic) bond motifs is 1. The summed E-state index contributed by atoms with van der Waals surface area (Å²) in [5.41, 5.74) is 2.20. The van der Waals surface area contributed by atoms with E-state index in [1.807, 2.05) is 36.4 Å². The normalized spacial score (nSPS) is 16.4. The number of carboxylic acids is 1. The standard InChI is InChI=1S/C26H24FNO3/c27-23-8-4-3-7-21(23)20-12-13-24(22(16-20)26(30)31)28-25(29)14-10-17-9-11-18-5-1-2-6-19(18)15-17/h1-9,11,15,20H,10,12-14,16H2,(H,28,29)(H,30,31). The first-order valence-electron chi connectivity index (χ1n) is 10.5. The summed E-state index contributed by atoms with van der Waals surface area (Å²) in [5.74, 6) is -1.79. The number of aryl methyl sites for hydroxylation is 1. The molecule has 1 amide bonds. The molecule has 31 heavy (non-hydrogen) atoms. The molecule has 0 radical (unpaired) electrons. The van der Waals surface area contributed by atoms with Crippen molar-refractivity contribution < 1.29 is 19.1 Å². The van der Waals surface area contributed by atoms with Crippen LogP contribution in [-0.2, 0) is 16.0 Å². The largest absolute Gasteiger partial charge is 0.478 e. The van der Waals surface area contributed by atoms with E-state index in [4.69, 9.17) is 0 Å². The summed E-state index contributed by atoms with van der Waals surface area (Å²) >= 11 is 0. The molecule has 158 valence electrons. The molecule has 0 fully saturated rings. The van der Waals surface area contributed by atoms with Crippen molar-refractivity contribution >= 4 is 22.6 Å². The van der Waals surface area contributed by atoms with Gasteiger partial charge in [-0.05, 0) is 59.6 Å². The maximum atomic E-state index is 14.1. The molecular formula is C26H24FNO3. The van der Waals surface area contributed by atoms with Crippen LogP contribution in [0.5, 0.6) is 0 Å². The molecule has 0 saturated heterocycles. The molecule has 0 aromatic heterocycles. The first kappa shape index (κ1) is 20.8. The van der Waals surface area contributed by atoms with Crippen LogP contribution >= 0.6 is 0 Å². The fourth-order valence-corrected chi connectivity index (χ4v) is 4.25. The van der Waals surface area contributed by atoms with Gasteiger partial charge in [0.15, 0.2) is 0 Å². The maximum Gasteiger partial charge on any atom is 0.333 e. The summed E-state index contributed by atoms with van der Waals surface area (Å²) in [6, 6.07) is 20.7. The van der Waals surface area contributed by atoms with Gasteiger partial charge in [0, 0.05) is 12.1 Å². The molecule has 3 aromatic rings. The van der Waals surface area contributed by atoms with Crippen molar-refractivity contribution in [3.63, 3.8) is 0 Å². The predicted molar refractivity (Wildman–Crippen MR) is 118 cm³/mol. The summed E-state index contributed by atoms with van der Waals surface area (Å²) in [6.45, 7) is 0. The molecule has 0 spiro atoms. The molecule has 1 aliphatic carbocycles. The SMILES string of the molecule is O=C(CCc1ccc2ccccc2c1)NC1=C(C(=O)O)CC(c2ccccc2F)CC1. The zero-order valence-electron chi connectivity index (χ0n) is 17.1. The molecule has 3 aromatic carbocycles. The van der Waals surface area contributed by atoms with Gasteiger partial charge >= 0.3 is 5.97 Å². The minimum absolute atomic E-state index is 0.165. The third-order valence-corrected chi connectivity index (χ3v) is 5.91. The molecule has 0 bridgehead atoms. The summed E-state index contributed by atoms with van der Waals surface area (Å²) in [6.07, 6.45) is 2.05. The van der Waals surface area contributed by atoms with Gasteiger partial charge in [-0.25, -0.2) is 9.18 Å². The zero-order chi connectivity index (χ0) is 21.8. The molecule has 1 atom stereocenters. The van der Waals surface area contributed by atoms with Crippen molar-refractivity contribution in [1.29, 1.82) is 0 Å². The van der Waals surface area contributed by atoms with Crippen molar-refractivity contribution in [2.75, 3.05) is 0 Å². The second-order valence-electron chi connectivity index (χ2n) is 7.95. The monoisotopic (exact) mass is 417 g/mol. The smallest absolute Gasteiger partial charge is 0.333 e. The van der Waals surface area contributed by atoms with Crippen molar-refractivity contribution in [2.24, 2.45) is 0 Å². The topological polar surface area (TPSA) is 66.4 Å². The highest BCUT2D eigenvalue weighted by atomic mass is 19.1. The van der Waals surface area contributed by atoms with E-state index in [1.165, 1.54) is 6.07 Å². The average molecular weight is 417 g/mol. The molecule has 4 rings (SSSR count). The van der Waals surface area contributed by atoms with Crippen LogP contribution in [-0.4, -0.2) is 17.0 Å². The number of carbonyl (C=O) groups excluding carboxylic acids is 1. The maximum absolute atomic E-state index is 14.1. The Morgan fingerprint density at radius 2 is 1.74 bits per heavy atom. The van der Waals surface area contributed by atoms with E-state index in [2.05, 4.69) is 11.4 Å². The molecule has 2 N–H and O–H groups in total. The number of nitrogens with one attached hydrogen (secondary N) is 1. The van der Waals surface area contributed by atoms with Crippen LogP contribution in [0.3, 0.4) is 0 Å². The Hall–Kier alpha value is -3.47. The quantitative estimate of drug-likeness (QED) is 0.569. The number of hydrogen-bond acceptors (Lipinski definition) is 2. The molecule has 0 aliphatic heterocycles. The first-order chi connectivity index (χ1) is 15.0. The second-order valence-corrected chi connectivity index (χ2v) is 7.95. The van der Waals surface area contributed by atoms with Crippen LogP contribution in [0.4, 0.5) is 4.39 Å². The lowest BCUT2D eigenvalue weighted by atomic mass is 9.82. The van der Waals surface area contributed by atoms with Gasteiger partial charge in [0.25, 0.3) is 0 Å². The van der Waals surface area contributed by atoms with E-state index in [9.17, 15) is 19.1 Å². The predicted octanol–water partition coefficient (Wildman–Crippen LogP) is 5.33. The van der Waals surface area contributed by atoms with E-state index in [-0.39, 0.29) is 36.1 Å². The van der Waals surface area contributed by atoms with E-state index in [0.29, 0.717) is 30.5 Å². The van der Waals surface area contributed by atoms with Crippen LogP contribution in [0.1, 0.15) is 42.7 Å². The van der Waals surface area contributed by atoms with E-state index >= 15 is 0 Å². The lowest BCUT2D eigenvalue weighted by Gasteiger charge is -2.26. The molecular weight excluding hydrogens is 393 g/mol. The van der Waals surface area contributed by atoms with Crippen LogP contribution in [0.15, 0.2) is 78.0 Å². The van der Waals surface area contributed by atoms with Gasteiger partial charge in [-0.15, -0.1) is 0 Å². The van der Waals surface area contributed by atoms with Gasteiger partial charge < -0.3 is 10.4 Å². The number of benzene rings is 3. The number of carboxylic acid groups (broad SMARTS) is 1. The minimum Gasteiger partial charge on any atom is -0.478 e. The van der Waals surface area contributed by atoms with Gasteiger partial charge in [0.2, 0.25) is 5.91 Å². The van der Waals surface area contributed by atoms with Crippen molar-refractivity contribution in [3.05, 3.63) is 94.9 Å². The molecule has 0 saturated carbocycles. The van der Waals surface area contributed by atoms with Crippen molar-refractivity contribution in [3.8, 4) is 0 Å². The summed E-state index contributed by atoms with van der Waals surface area (Å²) in [5, 5.41) is 14.8. The Morgan fingerprint density at radius 1 is 1.00 bits per heavy atom. The number of rotatable bonds is 6. The molecule has 1 unspecified atom stereocenters. The fourth-order valence-electron chi connectivity index (χ4n) is 4.25. The molecule has 1 aliphatic rings. The van der Waals surface area contributed by atoms with E-state index in [0.717, 1.165) is 16.3 Å². The number of allylic oxidation sites excluding steroid dienone is 1. The first-order valence-corrected chi connectivity index (χ1v) is 10.5. The Kier molecular flexibility index (Phi) is 6.12. The molecule has 5 heteroatoms. The number of aliphatic carboxylic acids is 1. The van der Waals surface area contributed by atoms with Crippen LogP contribution < -0.4 is 5.32 Å². The lowest BCUT2D eigenvalue weighted by molar-refractivity contribution is -0.133. The summed E-state index contributed by atoms with van der Waals surface area (Å²) in [4.78, 5) is 24.3. The average Bonchev–Trinajstić information content (AvgIpc) is 2.78. The van der Waals surface area contributed by atoms with Crippen LogP contribution in [0.25, 0.3) is 10.8 Å². The van der Waals surface area contributed by atoms with Crippen molar-refractivity contribution in [1.82, 2.24) is 5.32 Å². The van der Waals surface area contributed by atoms with Crippen LogP contribution in [0, 0.1) is 5.82 Å². The highest BCUT2D eigenvalue weighted by Gasteiger charge is 2.28. The Morgan fingerprint density at radius 3 is 2.52 bits per heavy atom. The number of halogens is 1. The van der Waals surface area contributed by atoms with E-state index < -0.39 is 5.97 Å². The van der Waals surface area contributed by atoms with Gasteiger partial charge in [-0.2, -0.15) is 0 Å². The zero-order valence-corrected chi connectivity index (χ0v) is 17.1. The summed E-state index contributed by atoms with van der Waals surface area (Å²) < 4.78 is 14.1. The van der Waals surface area contributed by atoms with Gasteiger partial charge in [0.1, 0.15) is 5.82 Å². The summed E-state index contributed by atoms with van der Waals surface area (Å²) in [7, 11) is 0. The Balaban J connectivity index is 1.42. The minimum atomic E-state index is -1.06. The van der Waals surface area contributed by atoms with E-state index in [1.54, 1.807) is 18.2 Å². The second kappa shape index (κ2) is 9.13. The van der Waals surface area contributed by atoms with Gasteiger partial charge in [0.05, 0.1) is 5.57 Å². The van der Waals surface area contributed by atoms with Gasteiger partial charge in [-0.3, -0.25) is 4.79 Å². The third-order valence-electron chi connectivity index (χ3n) is 5.91. The number of amides is 1. The number of hydrogen-bond donors (Lipinski definition) is 2. The Bertz CT molecular complexity index is 1170. The van der Waals surface area contributed by atoms with Crippen molar-refractivity contribution in [2.45, 2.75) is 38.0 Å². The molecule has 0 heterocycles. The lowest BCUT2D eigenvalue weighted by Crippen LogP contribution is -2.29. The number of carbonyl (C=O) groups is 2.